The van der Waals surface area contributed by atoms with E-state index in [-0.39, 0.29) is 5.69 Å². The topological polar surface area (TPSA) is 80.9 Å². The number of fused-ring (bicyclic) bond motifs is 1. The lowest BCUT2D eigenvalue weighted by Gasteiger charge is -2.06. The number of nitrogens with two attached hydrogens (primary N) is 1. The fourth-order valence-electron chi connectivity index (χ4n) is 2.62. The minimum absolute atomic E-state index is 0.0884. The van der Waals surface area contributed by atoms with Crippen LogP contribution in [-0.4, -0.2) is 15.9 Å². The molecule has 0 fully saturated rings. The highest BCUT2D eigenvalue weighted by Gasteiger charge is 2.19. The Morgan fingerprint density at radius 1 is 1.15 bits per heavy atom. The second-order valence-electron chi connectivity index (χ2n) is 5.71. The van der Waals surface area contributed by atoms with Gasteiger partial charge in [0.05, 0.1) is 17.1 Å². The van der Waals surface area contributed by atoms with Crippen molar-refractivity contribution in [2.45, 2.75) is 0 Å². The number of anilines is 2. The van der Waals surface area contributed by atoms with Crippen LogP contribution in [0.5, 0.6) is 0 Å². The van der Waals surface area contributed by atoms with Gasteiger partial charge in [-0.15, -0.1) is 11.3 Å². The summed E-state index contributed by atoms with van der Waals surface area (Å²) in [5.74, 6) is -1.00. The standard InChI is InChI=1S/C19H12BrFN4OS/c20-11-1-3-15(13(21)9-11)24-18(26)17-16(22)12-2-4-14(25-19(12)27-17)10-5-7-23-8-6-10/h1-9H,22H2,(H,24,26). The van der Waals surface area contributed by atoms with Gasteiger partial charge in [0.15, 0.2) is 0 Å². The van der Waals surface area contributed by atoms with Gasteiger partial charge < -0.3 is 11.1 Å². The Balaban J connectivity index is 1.69. The van der Waals surface area contributed by atoms with Gasteiger partial charge >= 0.3 is 0 Å². The molecule has 5 nitrogen and oxygen atoms in total. The van der Waals surface area contributed by atoms with E-state index in [9.17, 15) is 9.18 Å². The van der Waals surface area contributed by atoms with Crippen LogP contribution in [0.3, 0.4) is 0 Å². The van der Waals surface area contributed by atoms with Crippen molar-refractivity contribution in [3.8, 4) is 11.3 Å². The molecule has 0 spiro atoms. The number of carbonyl (C=O) groups is 1. The van der Waals surface area contributed by atoms with Gasteiger partial charge in [-0.2, -0.15) is 0 Å². The van der Waals surface area contributed by atoms with Crippen LogP contribution >= 0.6 is 27.3 Å². The highest BCUT2D eigenvalue weighted by molar-refractivity contribution is 9.10. The maximum absolute atomic E-state index is 14.0. The van der Waals surface area contributed by atoms with Crippen LogP contribution in [0.1, 0.15) is 9.67 Å². The summed E-state index contributed by atoms with van der Waals surface area (Å²) < 4.78 is 14.6. The summed E-state index contributed by atoms with van der Waals surface area (Å²) in [7, 11) is 0. The lowest BCUT2D eigenvalue weighted by atomic mass is 10.1. The molecule has 0 unspecified atom stereocenters. The third kappa shape index (κ3) is 3.41. The Bertz CT molecular complexity index is 1160. The molecule has 0 radical (unpaired) electrons. The van der Waals surface area contributed by atoms with E-state index < -0.39 is 11.7 Å². The third-order valence-corrected chi connectivity index (χ3v) is 5.56. The highest BCUT2D eigenvalue weighted by Crippen LogP contribution is 2.34. The summed E-state index contributed by atoms with van der Waals surface area (Å²) >= 11 is 4.36. The maximum Gasteiger partial charge on any atom is 0.268 e. The third-order valence-electron chi connectivity index (χ3n) is 3.96. The number of hydrogen-bond donors (Lipinski definition) is 2. The monoisotopic (exact) mass is 442 g/mol. The number of nitrogens with zero attached hydrogens (tertiary/aromatic N) is 2. The number of halogens is 2. The average Bonchev–Trinajstić information content (AvgIpc) is 3.01. The van der Waals surface area contributed by atoms with Crippen molar-refractivity contribution in [3.63, 3.8) is 0 Å². The lowest BCUT2D eigenvalue weighted by Crippen LogP contribution is -2.13. The second kappa shape index (κ2) is 7.05. The van der Waals surface area contributed by atoms with Gasteiger partial charge in [-0.1, -0.05) is 15.9 Å². The molecule has 0 bridgehead atoms. The predicted molar refractivity (Wildman–Crippen MR) is 109 cm³/mol. The molecule has 3 aromatic heterocycles. The number of nitrogen functional groups attached to an aromatic ring is 1. The molecule has 0 saturated carbocycles. The van der Waals surface area contributed by atoms with Crippen LogP contribution < -0.4 is 11.1 Å². The van der Waals surface area contributed by atoms with Gasteiger partial charge in [-0.25, -0.2) is 9.37 Å². The quantitative estimate of drug-likeness (QED) is 0.462. The summed E-state index contributed by atoms with van der Waals surface area (Å²) in [6.45, 7) is 0. The zero-order valence-electron chi connectivity index (χ0n) is 13.7. The van der Waals surface area contributed by atoms with Crippen LogP contribution in [0.15, 0.2) is 59.3 Å². The molecule has 3 heterocycles. The van der Waals surface area contributed by atoms with E-state index in [1.165, 1.54) is 23.5 Å². The molecule has 0 aliphatic rings. The number of pyridine rings is 2. The van der Waals surface area contributed by atoms with Gasteiger partial charge in [-0.05, 0) is 42.5 Å². The van der Waals surface area contributed by atoms with Gasteiger partial charge in [0.1, 0.15) is 15.5 Å². The van der Waals surface area contributed by atoms with E-state index in [2.05, 4.69) is 31.2 Å². The fourth-order valence-corrected chi connectivity index (χ4v) is 3.94. The van der Waals surface area contributed by atoms with E-state index in [0.29, 0.717) is 25.3 Å². The van der Waals surface area contributed by atoms with Crippen molar-refractivity contribution in [2.24, 2.45) is 0 Å². The molecule has 0 saturated heterocycles. The van der Waals surface area contributed by atoms with Crippen molar-refractivity contribution < 1.29 is 9.18 Å². The van der Waals surface area contributed by atoms with Gasteiger partial charge in [0.2, 0.25) is 0 Å². The summed E-state index contributed by atoms with van der Waals surface area (Å²) in [5, 5.41) is 3.26. The fraction of sp³-hybridized carbons (Fsp3) is 0. The molecule has 3 N–H and O–H groups in total. The minimum atomic E-state index is -0.532. The summed E-state index contributed by atoms with van der Waals surface area (Å²) in [6.07, 6.45) is 3.38. The molecule has 134 valence electrons. The largest absolute Gasteiger partial charge is 0.397 e. The van der Waals surface area contributed by atoms with Crippen molar-refractivity contribution in [2.75, 3.05) is 11.1 Å². The number of amides is 1. The summed E-state index contributed by atoms with van der Waals surface area (Å²) in [4.78, 5) is 22.1. The molecule has 0 aliphatic carbocycles. The Labute approximate surface area is 166 Å². The van der Waals surface area contributed by atoms with E-state index in [1.54, 1.807) is 18.5 Å². The number of nitrogens with one attached hydrogen (secondary N) is 1. The molecule has 4 rings (SSSR count). The van der Waals surface area contributed by atoms with E-state index in [1.807, 2.05) is 24.3 Å². The van der Waals surface area contributed by atoms with Crippen molar-refractivity contribution in [1.82, 2.24) is 9.97 Å². The Morgan fingerprint density at radius 2 is 1.93 bits per heavy atom. The first-order chi connectivity index (χ1) is 13.0. The second-order valence-corrected chi connectivity index (χ2v) is 7.62. The van der Waals surface area contributed by atoms with Crippen LogP contribution in [0.2, 0.25) is 0 Å². The summed E-state index contributed by atoms with van der Waals surface area (Å²) in [6, 6.07) is 11.8. The van der Waals surface area contributed by atoms with E-state index in [4.69, 9.17) is 5.73 Å². The van der Waals surface area contributed by atoms with Crippen LogP contribution in [0.4, 0.5) is 15.8 Å². The van der Waals surface area contributed by atoms with Crippen molar-refractivity contribution in [1.29, 1.82) is 0 Å². The first-order valence-corrected chi connectivity index (χ1v) is 9.49. The van der Waals surface area contributed by atoms with Crippen molar-refractivity contribution >= 4 is 54.8 Å². The number of hydrogen-bond acceptors (Lipinski definition) is 5. The SMILES string of the molecule is Nc1c(C(=O)Nc2ccc(Br)cc2F)sc2nc(-c3ccncc3)ccc12. The first kappa shape index (κ1) is 17.6. The average molecular weight is 443 g/mol. The number of rotatable bonds is 3. The van der Waals surface area contributed by atoms with Crippen LogP contribution in [0, 0.1) is 5.82 Å². The number of thiophene rings is 1. The number of carbonyl (C=O) groups excluding carboxylic acids is 1. The number of benzene rings is 1. The molecule has 1 amide bonds. The smallest absolute Gasteiger partial charge is 0.268 e. The molecule has 8 heteroatoms. The van der Waals surface area contributed by atoms with Crippen LogP contribution in [-0.2, 0) is 0 Å². The summed E-state index contributed by atoms with van der Waals surface area (Å²) in [5.41, 5.74) is 8.24. The normalized spacial score (nSPS) is 10.9. The van der Waals surface area contributed by atoms with Crippen molar-refractivity contribution in [3.05, 3.63) is 70.0 Å². The predicted octanol–water partition coefficient (Wildman–Crippen LogP) is 5.09. The van der Waals surface area contributed by atoms with Crippen LogP contribution in [0.25, 0.3) is 21.5 Å². The minimum Gasteiger partial charge on any atom is -0.397 e. The molecule has 1 aromatic carbocycles. The zero-order valence-corrected chi connectivity index (χ0v) is 16.1. The van der Waals surface area contributed by atoms with E-state index in [0.717, 1.165) is 11.3 Å². The van der Waals surface area contributed by atoms with Gasteiger partial charge in [0, 0.05) is 27.8 Å². The van der Waals surface area contributed by atoms with Gasteiger partial charge in [-0.3, -0.25) is 9.78 Å². The molecule has 27 heavy (non-hydrogen) atoms. The Kier molecular flexibility index (Phi) is 4.59. The lowest BCUT2D eigenvalue weighted by molar-refractivity contribution is 0.103. The zero-order chi connectivity index (χ0) is 19.0. The number of aromatic nitrogens is 2. The molecule has 0 aliphatic heterocycles. The molecule has 4 aromatic rings. The van der Waals surface area contributed by atoms with Gasteiger partial charge in [0.25, 0.3) is 5.91 Å². The molecular formula is C19H12BrFN4OS. The van der Waals surface area contributed by atoms with E-state index >= 15 is 0 Å². The Hall–Kier alpha value is -2.84. The first-order valence-electron chi connectivity index (χ1n) is 7.89. The molecular weight excluding hydrogens is 431 g/mol. The maximum atomic E-state index is 14.0. The Morgan fingerprint density at radius 3 is 2.67 bits per heavy atom. The highest BCUT2D eigenvalue weighted by atomic mass is 79.9. The molecule has 0 atom stereocenters.